The summed E-state index contributed by atoms with van der Waals surface area (Å²) < 4.78 is 0. The molecule has 5 rings (SSSR count). The van der Waals surface area contributed by atoms with Gasteiger partial charge in [0, 0.05) is 35.2 Å². The van der Waals surface area contributed by atoms with Crippen LogP contribution in [-0.4, -0.2) is 40.0 Å². The third-order valence-corrected chi connectivity index (χ3v) is 7.90. The number of hydrogen-bond donors (Lipinski definition) is 2. The molecule has 8 heteroatoms. The van der Waals surface area contributed by atoms with E-state index in [1.165, 1.54) is 5.57 Å². The zero-order chi connectivity index (χ0) is 26.3. The molecular formula is C29H30ClN5OS. The fraction of sp³-hybridized carbons (Fsp3) is 0.276. The molecule has 0 unspecified atom stereocenters. The van der Waals surface area contributed by atoms with Crippen molar-refractivity contribution in [3.63, 3.8) is 0 Å². The maximum absolute atomic E-state index is 13.1. The van der Waals surface area contributed by atoms with E-state index in [-0.39, 0.29) is 30.1 Å². The second kappa shape index (κ2) is 9.80. The molecule has 2 aromatic carbocycles. The van der Waals surface area contributed by atoms with Crippen LogP contribution in [0.1, 0.15) is 49.7 Å². The van der Waals surface area contributed by atoms with Gasteiger partial charge >= 0.3 is 0 Å². The van der Waals surface area contributed by atoms with E-state index in [1.807, 2.05) is 59.5 Å². The first-order valence-corrected chi connectivity index (χ1v) is 13.0. The Balaban J connectivity index is 1.56. The highest BCUT2D eigenvalue weighted by molar-refractivity contribution is 7.80. The molecule has 0 aliphatic carbocycles. The van der Waals surface area contributed by atoms with Crippen molar-refractivity contribution in [3.05, 3.63) is 94.8 Å². The van der Waals surface area contributed by atoms with E-state index in [9.17, 15) is 4.79 Å². The minimum Gasteiger partial charge on any atom is -0.365 e. The van der Waals surface area contributed by atoms with Crippen molar-refractivity contribution in [1.29, 1.82) is 0 Å². The van der Waals surface area contributed by atoms with Crippen LogP contribution >= 0.6 is 23.8 Å². The lowest BCUT2D eigenvalue weighted by Crippen LogP contribution is -2.42. The Kier molecular flexibility index (Phi) is 6.68. The highest BCUT2D eigenvalue weighted by atomic mass is 35.5. The number of fused-ring (bicyclic) bond motifs is 1. The van der Waals surface area contributed by atoms with E-state index in [0.29, 0.717) is 10.1 Å². The number of pyridine rings is 1. The molecule has 2 atom stereocenters. The minimum absolute atomic E-state index is 0.0733. The summed E-state index contributed by atoms with van der Waals surface area (Å²) in [5.74, 6) is -0.159. The molecule has 1 aromatic heterocycles. The number of benzene rings is 2. The normalized spacial score (nSPS) is 20.2. The van der Waals surface area contributed by atoms with E-state index in [4.69, 9.17) is 23.8 Å². The fourth-order valence-electron chi connectivity index (χ4n) is 5.21. The number of carbonyl (C=O) groups excluding carboxylic acids is 1. The highest BCUT2D eigenvalue weighted by Crippen LogP contribution is 2.46. The van der Waals surface area contributed by atoms with Gasteiger partial charge in [0.05, 0.1) is 23.3 Å². The van der Waals surface area contributed by atoms with Gasteiger partial charge in [-0.3, -0.25) is 9.78 Å². The van der Waals surface area contributed by atoms with E-state index >= 15 is 0 Å². The van der Waals surface area contributed by atoms with Gasteiger partial charge in [-0.05, 0) is 80.5 Å². The SMILES string of the molecule is CC1=CC(C)(C)N(C)c2cc(Cl)c([C@H]3[C@@H](c4ccccn4)NC(=S)N3CC(=O)Nc3ccccc3)cc21. The summed E-state index contributed by atoms with van der Waals surface area (Å²) in [5.41, 5.74) is 5.73. The van der Waals surface area contributed by atoms with Crippen LogP contribution in [0.15, 0.2) is 72.9 Å². The Morgan fingerprint density at radius 3 is 2.59 bits per heavy atom. The van der Waals surface area contributed by atoms with Crippen LogP contribution in [0.2, 0.25) is 5.02 Å². The molecule has 3 aromatic rings. The van der Waals surface area contributed by atoms with Gasteiger partial charge in [-0.1, -0.05) is 41.9 Å². The Labute approximate surface area is 228 Å². The van der Waals surface area contributed by atoms with Crippen LogP contribution < -0.4 is 15.5 Å². The summed E-state index contributed by atoms with van der Waals surface area (Å²) in [4.78, 5) is 21.9. The van der Waals surface area contributed by atoms with E-state index in [0.717, 1.165) is 28.2 Å². The van der Waals surface area contributed by atoms with E-state index in [1.54, 1.807) is 6.20 Å². The fourth-order valence-corrected chi connectivity index (χ4v) is 5.78. The Bertz CT molecular complexity index is 1380. The predicted octanol–water partition coefficient (Wildman–Crippen LogP) is 5.98. The molecule has 3 heterocycles. The molecule has 6 nitrogen and oxygen atoms in total. The standard InChI is InChI=1S/C29H30ClN5OS/c1-18-16-29(2,3)34(4)24-15-22(30)21(14-20(18)24)27-26(23-12-8-9-13-31-23)33-28(37)35(27)17-25(36)32-19-10-6-5-7-11-19/h5-16,26-27H,17H2,1-4H3,(H,32,36)(H,33,37)/t26-,27+/m1/s1. The number of thiocarbonyl (C=S) groups is 1. The summed E-state index contributed by atoms with van der Waals surface area (Å²) in [6, 6.07) is 18.8. The van der Waals surface area contributed by atoms with Crippen molar-refractivity contribution in [3.8, 4) is 0 Å². The first-order valence-electron chi connectivity index (χ1n) is 12.3. The smallest absolute Gasteiger partial charge is 0.244 e. The number of carbonyl (C=O) groups is 1. The Morgan fingerprint density at radius 1 is 1.16 bits per heavy atom. The van der Waals surface area contributed by atoms with Gasteiger partial charge in [0.1, 0.15) is 6.54 Å². The molecule has 0 spiro atoms. The number of nitrogens with zero attached hydrogens (tertiary/aromatic N) is 3. The number of amides is 1. The van der Waals surface area contributed by atoms with Gasteiger partial charge in [-0.15, -0.1) is 0 Å². The summed E-state index contributed by atoms with van der Waals surface area (Å²) in [5, 5.41) is 7.50. The van der Waals surface area contributed by atoms with Crippen LogP contribution in [0.5, 0.6) is 0 Å². The number of likely N-dealkylation sites (N-methyl/N-ethyl adjacent to an activating group) is 1. The number of allylic oxidation sites excluding steroid dienone is 1. The molecule has 1 fully saturated rings. The lowest BCUT2D eigenvalue weighted by Gasteiger charge is -2.41. The maximum atomic E-state index is 13.1. The zero-order valence-electron chi connectivity index (χ0n) is 21.3. The highest BCUT2D eigenvalue weighted by Gasteiger charge is 2.42. The number of para-hydroxylation sites is 1. The third-order valence-electron chi connectivity index (χ3n) is 7.22. The van der Waals surface area contributed by atoms with Crippen molar-refractivity contribution in [2.24, 2.45) is 0 Å². The van der Waals surface area contributed by atoms with Crippen molar-refractivity contribution in [1.82, 2.24) is 15.2 Å². The van der Waals surface area contributed by atoms with Crippen LogP contribution in [0.4, 0.5) is 11.4 Å². The molecule has 1 saturated heterocycles. The Morgan fingerprint density at radius 2 is 1.89 bits per heavy atom. The summed E-state index contributed by atoms with van der Waals surface area (Å²) in [6.07, 6.45) is 4.03. The second-order valence-corrected chi connectivity index (χ2v) is 10.9. The van der Waals surface area contributed by atoms with Gasteiger partial charge in [0.25, 0.3) is 0 Å². The van der Waals surface area contributed by atoms with Gasteiger partial charge in [-0.25, -0.2) is 0 Å². The maximum Gasteiger partial charge on any atom is 0.244 e. The average Bonchev–Trinajstić information content (AvgIpc) is 3.18. The Hall–Kier alpha value is -3.42. The van der Waals surface area contributed by atoms with Crippen LogP contribution in [-0.2, 0) is 4.79 Å². The average molecular weight is 532 g/mol. The van der Waals surface area contributed by atoms with E-state index in [2.05, 4.69) is 60.5 Å². The van der Waals surface area contributed by atoms with E-state index < -0.39 is 0 Å². The first kappa shape index (κ1) is 25.2. The molecule has 2 aliphatic heterocycles. The molecule has 1 amide bonds. The molecule has 37 heavy (non-hydrogen) atoms. The monoisotopic (exact) mass is 531 g/mol. The molecule has 0 bridgehead atoms. The number of rotatable bonds is 5. The first-order chi connectivity index (χ1) is 17.7. The third kappa shape index (κ3) is 4.81. The van der Waals surface area contributed by atoms with Gasteiger partial charge < -0.3 is 20.4 Å². The van der Waals surface area contributed by atoms with Crippen molar-refractivity contribution in [2.45, 2.75) is 38.4 Å². The molecule has 190 valence electrons. The van der Waals surface area contributed by atoms with Crippen molar-refractivity contribution >= 4 is 51.8 Å². The number of anilines is 2. The van der Waals surface area contributed by atoms with Crippen LogP contribution in [0.25, 0.3) is 5.57 Å². The number of halogens is 1. The quantitative estimate of drug-likeness (QED) is 0.395. The number of nitrogens with one attached hydrogen (secondary N) is 2. The largest absolute Gasteiger partial charge is 0.365 e. The number of aromatic nitrogens is 1. The predicted molar refractivity (Wildman–Crippen MR) is 155 cm³/mol. The van der Waals surface area contributed by atoms with Crippen molar-refractivity contribution < 1.29 is 4.79 Å². The van der Waals surface area contributed by atoms with Crippen LogP contribution in [0, 0.1) is 0 Å². The number of hydrogen-bond acceptors (Lipinski definition) is 4. The summed E-state index contributed by atoms with van der Waals surface area (Å²) in [7, 11) is 2.08. The molecular weight excluding hydrogens is 502 g/mol. The molecule has 0 saturated carbocycles. The van der Waals surface area contributed by atoms with Crippen molar-refractivity contribution in [2.75, 3.05) is 23.8 Å². The zero-order valence-corrected chi connectivity index (χ0v) is 22.9. The summed E-state index contributed by atoms with van der Waals surface area (Å²) >= 11 is 12.8. The van der Waals surface area contributed by atoms with Gasteiger partial charge in [0.2, 0.25) is 5.91 Å². The molecule has 2 aliphatic rings. The van der Waals surface area contributed by atoms with Crippen LogP contribution in [0.3, 0.4) is 0 Å². The minimum atomic E-state index is -0.324. The summed E-state index contributed by atoms with van der Waals surface area (Å²) in [6.45, 7) is 6.57. The van der Waals surface area contributed by atoms with Gasteiger partial charge in [0.15, 0.2) is 5.11 Å². The lowest BCUT2D eigenvalue weighted by molar-refractivity contribution is -0.116. The van der Waals surface area contributed by atoms with Gasteiger partial charge in [-0.2, -0.15) is 0 Å². The lowest BCUT2D eigenvalue weighted by atomic mass is 9.86. The molecule has 2 N–H and O–H groups in total. The molecule has 0 radical (unpaired) electrons. The topological polar surface area (TPSA) is 60.5 Å². The second-order valence-electron chi connectivity index (χ2n) is 10.1.